The molecule has 0 saturated heterocycles. The Kier molecular flexibility index (Phi) is 5.72. The van der Waals surface area contributed by atoms with Crippen molar-refractivity contribution in [3.63, 3.8) is 0 Å². The number of para-hydroxylation sites is 1. The Morgan fingerprint density at radius 2 is 1.68 bits per heavy atom. The van der Waals surface area contributed by atoms with Crippen LogP contribution in [-0.2, 0) is 10.0 Å². The normalized spacial score (nSPS) is 18.7. The molecule has 0 aromatic heterocycles. The van der Waals surface area contributed by atoms with Gasteiger partial charge in [0.2, 0.25) is 15.7 Å². The number of ether oxygens (including phenoxy) is 1. The van der Waals surface area contributed by atoms with Crippen molar-refractivity contribution in [2.75, 3.05) is 18.1 Å². The van der Waals surface area contributed by atoms with E-state index in [-0.39, 0.29) is 18.0 Å². The first kappa shape index (κ1) is 21.3. The highest BCUT2D eigenvalue weighted by Crippen LogP contribution is 2.30. The lowest BCUT2D eigenvalue weighted by atomic mass is 10.1. The molecule has 1 aliphatic rings. The molecule has 31 heavy (non-hydrogen) atoms. The molecule has 1 aliphatic heterocycles. The van der Waals surface area contributed by atoms with E-state index in [1.54, 1.807) is 53.4 Å². The van der Waals surface area contributed by atoms with E-state index >= 15 is 0 Å². The van der Waals surface area contributed by atoms with Crippen molar-refractivity contribution < 1.29 is 18.3 Å². The molecule has 1 atom stereocenters. The molecule has 4 rings (SSSR count). The number of β-amino-alcohol motifs (C(OH)–C–C–N with tert-alkyl or cyclic N) is 1. The van der Waals surface area contributed by atoms with E-state index in [1.165, 1.54) is 12.1 Å². The van der Waals surface area contributed by atoms with Crippen LogP contribution in [0, 0.1) is 0 Å². The van der Waals surface area contributed by atoms with E-state index in [0.29, 0.717) is 22.3 Å². The third-order valence-electron chi connectivity index (χ3n) is 4.77. The van der Waals surface area contributed by atoms with Crippen molar-refractivity contribution in [3.05, 3.63) is 89.4 Å². The van der Waals surface area contributed by atoms with E-state index in [9.17, 15) is 13.5 Å². The fraction of sp³-hybridized carbons (Fsp3) is 0.136. The highest BCUT2D eigenvalue weighted by atomic mass is 35.5. The molecule has 0 saturated carbocycles. The lowest BCUT2D eigenvalue weighted by Crippen LogP contribution is -2.40. The molecular weight excluding hydrogens is 438 g/mol. The van der Waals surface area contributed by atoms with Crippen LogP contribution in [0.2, 0.25) is 5.02 Å². The number of nitrogens with zero attached hydrogens (tertiary/aromatic N) is 2. The van der Waals surface area contributed by atoms with Crippen molar-refractivity contribution in [3.8, 4) is 5.75 Å². The number of amidine groups is 1. The standard InChI is InChI=1S/C22H20ClN3O4S/c23-17-8-6-16(7-9-17)21-25-22(27,15-30-19-4-2-1-3-5-19)14-26(21)18-10-12-20(13-11-18)31(24,28)29/h1-13,27H,14-15H2,(H2,24,28,29). The van der Waals surface area contributed by atoms with Crippen molar-refractivity contribution >= 4 is 33.1 Å². The van der Waals surface area contributed by atoms with Gasteiger partial charge in [0.1, 0.15) is 18.2 Å². The Morgan fingerprint density at radius 1 is 1.03 bits per heavy atom. The van der Waals surface area contributed by atoms with Crippen molar-refractivity contribution in [1.29, 1.82) is 0 Å². The van der Waals surface area contributed by atoms with Gasteiger partial charge < -0.3 is 14.7 Å². The number of rotatable bonds is 6. The number of aliphatic imine (C=N–C) groups is 1. The van der Waals surface area contributed by atoms with Gasteiger partial charge >= 0.3 is 0 Å². The van der Waals surface area contributed by atoms with E-state index in [0.717, 1.165) is 5.56 Å². The third kappa shape index (κ3) is 4.88. The maximum Gasteiger partial charge on any atom is 0.238 e. The molecule has 3 N–H and O–H groups in total. The maximum atomic E-state index is 11.6. The van der Waals surface area contributed by atoms with E-state index in [2.05, 4.69) is 4.99 Å². The summed E-state index contributed by atoms with van der Waals surface area (Å²) in [6.45, 7) is 0.0619. The Bertz CT molecular complexity index is 1200. The summed E-state index contributed by atoms with van der Waals surface area (Å²) in [4.78, 5) is 6.35. The topological polar surface area (TPSA) is 105 Å². The number of hydrogen-bond acceptors (Lipinski definition) is 6. The minimum absolute atomic E-state index is 0.00287. The molecule has 3 aromatic rings. The number of sulfonamides is 1. The maximum absolute atomic E-state index is 11.6. The van der Waals surface area contributed by atoms with Gasteiger partial charge in [-0.3, -0.25) is 0 Å². The predicted octanol–water partition coefficient (Wildman–Crippen LogP) is 3.02. The molecule has 0 amide bonds. The molecule has 0 aliphatic carbocycles. The number of halogens is 1. The number of aliphatic hydroxyl groups is 1. The van der Waals surface area contributed by atoms with Gasteiger partial charge in [-0.25, -0.2) is 18.5 Å². The van der Waals surface area contributed by atoms with Crippen LogP contribution < -0.4 is 14.8 Å². The second kappa shape index (κ2) is 8.32. The smallest absolute Gasteiger partial charge is 0.238 e. The Balaban J connectivity index is 1.66. The number of primary sulfonamides is 1. The van der Waals surface area contributed by atoms with E-state index in [4.69, 9.17) is 21.5 Å². The highest BCUT2D eigenvalue weighted by Gasteiger charge is 2.39. The summed E-state index contributed by atoms with van der Waals surface area (Å²) in [5, 5.41) is 16.9. The molecular formula is C22H20ClN3O4S. The van der Waals surface area contributed by atoms with Crippen LogP contribution in [0.4, 0.5) is 5.69 Å². The average Bonchev–Trinajstić information content (AvgIpc) is 3.11. The highest BCUT2D eigenvalue weighted by molar-refractivity contribution is 7.89. The molecule has 9 heteroatoms. The van der Waals surface area contributed by atoms with Crippen molar-refractivity contribution in [2.24, 2.45) is 10.1 Å². The van der Waals surface area contributed by atoms with Crippen LogP contribution in [0.15, 0.2) is 88.8 Å². The second-order valence-electron chi connectivity index (χ2n) is 7.15. The molecule has 160 valence electrons. The van der Waals surface area contributed by atoms with Crippen LogP contribution in [0.3, 0.4) is 0 Å². The number of nitrogens with two attached hydrogens (primary N) is 1. The quantitative estimate of drug-likeness (QED) is 0.592. The van der Waals surface area contributed by atoms with Gasteiger partial charge in [-0.1, -0.05) is 29.8 Å². The minimum atomic E-state index is -3.81. The molecule has 0 radical (unpaired) electrons. The molecule has 0 spiro atoms. The summed E-state index contributed by atoms with van der Waals surface area (Å²) < 4.78 is 28.9. The summed E-state index contributed by atoms with van der Waals surface area (Å²) in [5.41, 5.74) is -0.115. The first-order valence-corrected chi connectivity index (χ1v) is 11.3. The van der Waals surface area contributed by atoms with Crippen LogP contribution in [0.1, 0.15) is 5.56 Å². The van der Waals surface area contributed by atoms with Gasteiger partial charge in [0, 0.05) is 16.3 Å². The van der Waals surface area contributed by atoms with Crippen LogP contribution in [0.25, 0.3) is 0 Å². The summed E-state index contributed by atoms with van der Waals surface area (Å²) in [6.07, 6.45) is 0. The zero-order valence-corrected chi connectivity index (χ0v) is 17.9. The summed E-state index contributed by atoms with van der Waals surface area (Å²) >= 11 is 6.01. The Morgan fingerprint density at radius 3 is 2.29 bits per heavy atom. The first-order chi connectivity index (χ1) is 14.7. The molecule has 3 aromatic carbocycles. The minimum Gasteiger partial charge on any atom is -0.488 e. The monoisotopic (exact) mass is 457 g/mol. The van der Waals surface area contributed by atoms with Crippen LogP contribution in [0.5, 0.6) is 5.75 Å². The summed E-state index contributed by atoms with van der Waals surface area (Å²) in [6, 6.07) is 22.3. The fourth-order valence-electron chi connectivity index (χ4n) is 3.26. The van der Waals surface area contributed by atoms with Crippen LogP contribution >= 0.6 is 11.6 Å². The van der Waals surface area contributed by atoms with Gasteiger partial charge in [-0.15, -0.1) is 0 Å². The Labute approximate surface area is 185 Å². The number of benzene rings is 3. The van der Waals surface area contributed by atoms with Gasteiger partial charge in [-0.05, 0) is 60.7 Å². The number of hydrogen-bond donors (Lipinski definition) is 2. The zero-order chi connectivity index (χ0) is 22.1. The summed E-state index contributed by atoms with van der Waals surface area (Å²) in [7, 11) is -3.81. The van der Waals surface area contributed by atoms with E-state index < -0.39 is 15.7 Å². The lowest BCUT2D eigenvalue weighted by Gasteiger charge is -2.24. The van der Waals surface area contributed by atoms with Gasteiger partial charge in [0.05, 0.1) is 11.4 Å². The van der Waals surface area contributed by atoms with Gasteiger partial charge in [-0.2, -0.15) is 0 Å². The van der Waals surface area contributed by atoms with Crippen molar-refractivity contribution in [2.45, 2.75) is 10.6 Å². The Hall–Kier alpha value is -2.91. The SMILES string of the molecule is NS(=O)(=O)c1ccc(N2CC(O)(COc3ccccc3)N=C2c2ccc(Cl)cc2)cc1. The molecule has 1 unspecified atom stereocenters. The molecule has 0 bridgehead atoms. The van der Waals surface area contributed by atoms with Crippen molar-refractivity contribution in [1.82, 2.24) is 0 Å². The van der Waals surface area contributed by atoms with E-state index in [1.807, 2.05) is 18.2 Å². The third-order valence-corrected chi connectivity index (χ3v) is 5.95. The van der Waals surface area contributed by atoms with Gasteiger partial charge in [0.25, 0.3) is 0 Å². The molecule has 0 fully saturated rings. The predicted molar refractivity (Wildman–Crippen MR) is 120 cm³/mol. The molecule has 1 heterocycles. The fourth-order valence-corrected chi connectivity index (χ4v) is 3.90. The van der Waals surface area contributed by atoms with Crippen LogP contribution in [-0.4, -0.2) is 38.2 Å². The zero-order valence-electron chi connectivity index (χ0n) is 16.3. The largest absolute Gasteiger partial charge is 0.488 e. The number of anilines is 1. The first-order valence-electron chi connectivity index (χ1n) is 9.40. The lowest BCUT2D eigenvalue weighted by molar-refractivity contribution is 0.0178. The summed E-state index contributed by atoms with van der Waals surface area (Å²) in [5.74, 6) is 1.13. The second-order valence-corrected chi connectivity index (χ2v) is 9.15. The van der Waals surface area contributed by atoms with Gasteiger partial charge in [0.15, 0.2) is 0 Å². The average molecular weight is 458 g/mol. The molecule has 7 nitrogen and oxygen atoms in total.